The fraction of sp³-hybridized carbons (Fsp3) is 0.238. The number of carbonyl (C=O) groups is 1. The highest BCUT2D eigenvalue weighted by atomic mass is 16.4. The van der Waals surface area contributed by atoms with Crippen molar-refractivity contribution < 1.29 is 19.4 Å². The van der Waals surface area contributed by atoms with Gasteiger partial charge in [-0.25, -0.2) is 4.79 Å². The minimum atomic E-state index is -0.956. The number of aliphatic carboxylic acids is 1. The highest BCUT2D eigenvalue weighted by Crippen LogP contribution is 2.33. The highest BCUT2D eigenvalue weighted by Gasteiger charge is 2.19. The van der Waals surface area contributed by atoms with Crippen LogP contribution in [0.25, 0.3) is 22.1 Å². The van der Waals surface area contributed by atoms with Crippen molar-refractivity contribution in [2.45, 2.75) is 32.4 Å². The van der Waals surface area contributed by atoms with E-state index in [4.69, 9.17) is 4.42 Å². The smallest absolute Gasteiger partial charge is 0.336 e. The van der Waals surface area contributed by atoms with Gasteiger partial charge in [0.05, 0.1) is 5.56 Å². The Morgan fingerprint density at radius 3 is 2.59 bits per heavy atom. The quantitative estimate of drug-likeness (QED) is 0.553. The number of phenolic OH excluding ortho intramolecular Hbond substituents is 1. The van der Waals surface area contributed by atoms with Gasteiger partial charge in [-0.05, 0) is 29.7 Å². The molecule has 1 heterocycles. The maximum Gasteiger partial charge on any atom is 0.336 e. The first-order valence-corrected chi connectivity index (χ1v) is 8.81. The zero-order valence-electron chi connectivity index (χ0n) is 14.9. The molecule has 0 spiro atoms. The van der Waals surface area contributed by atoms with Crippen molar-refractivity contribution in [3.8, 4) is 16.9 Å². The monoisotopic (exact) mass is 367 g/mol. The van der Waals surface area contributed by atoms with Crippen molar-refractivity contribution in [2.24, 2.45) is 0 Å². The van der Waals surface area contributed by atoms with E-state index >= 15 is 0 Å². The van der Waals surface area contributed by atoms with E-state index in [0.717, 1.165) is 5.56 Å². The summed E-state index contributed by atoms with van der Waals surface area (Å²) < 4.78 is 5.39. The lowest BCUT2D eigenvalue weighted by atomic mass is 9.99. The highest BCUT2D eigenvalue weighted by molar-refractivity contribution is 5.95. The summed E-state index contributed by atoms with van der Waals surface area (Å²) in [5, 5.41) is 23.2. The van der Waals surface area contributed by atoms with E-state index < -0.39 is 17.6 Å². The number of hydrogen-bond donors (Lipinski definition) is 3. The molecule has 1 unspecified atom stereocenters. The van der Waals surface area contributed by atoms with Crippen LogP contribution in [0.5, 0.6) is 5.75 Å². The van der Waals surface area contributed by atoms with E-state index in [2.05, 4.69) is 5.32 Å². The largest absolute Gasteiger partial charge is 0.507 e. The number of benzene rings is 2. The van der Waals surface area contributed by atoms with Gasteiger partial charge in [-0.2, -0.15) is 0 Å². The Bertz CT molecular complexity index is 1010. The van der Waals surface area contributed by atoms with Crippen LogP contribution in [0.15, 0.2) is 57.7 Å². The van der Waals surface area contributed by atoms with Crippen LogP contribution < -0.4 is 10.9 Å². The van der Waals surface area contributed by atoms with Gasteiger partial charge >= 0.3 is 11.6 Å². The molecule has 6 heteroatoms. The summed E-state index contributed by atoms with van der Waals surface area (Å²) in [6.45, 7) is 1.97. The van der Waals surface area contributed by atoms with Crippen molar-refractivity contribution in [2.75, 3.05) is 0 Å². The van der Waals surface area contributed by atoms with Gasteiger partial charge in [0.2, 0.25) is 0 Å². The summed E-state index contributed by atoms with van der Waals surface area (Å²) in [7, 11) is 0. The molecule has 6 nitrogen and oxygen atoms in total. The van der Waals surface area contributed by atoms with Crippen LogP contribution in [0.2, 0.25) is 0 Å². The lowest BCUT2D eigenvalue weighted by molar-refractivity contribution is -0.139. The molecular weight excluding hydrogens is 346 g/mol. The minimum absolute atomic E-state index is 0.0519. The molecule has 0 saturated carbocycles. The van der Waals surface area contributed by atoms with Crippen LogP contribution >= 0.6 is 0 Å². The second kappa shape index (κ2) is 8.05. The Morgan fingerprint density at radius 2 is 1.93 bits per heavy atom. The third kappa shape index (κ3) is 4.01. The number of phenols is 1. The molecule has 0 bridgehead atoms. The van der Waals surface area contributed by atoms with E-state index in [0.29, 0.717) is 29.4 Å². The maximum absolute atomic E-state index is 12.1. The van der Waals surface area contributed by atoms with Gasteiger partial charge < -0.3 is 19.9 Å². The second-order valence-electron chi connectivity index (χ2n) is 6.35. The second-order valence-corrected chi connectivity index (χ2v) is 6.35. The van der Waals surface area contributed by atoms with Crippen LogP contribution in [-0.2, 0) is 11.3 Å². The first-order chi connectivity index (χ1) is 13.0. The average molecular weight is 367 g/mol. The first-order valence-electron chi connectivity index (χ1n) is 8.81. The van der Waals surface area contributed by atoms with Gasteiger partial charge in [-0.1, -0.05) is 43.7 Å². The van der Waals surface area contributed by atoms with Crippen molar-refractivity contribution in [3.63, 3.8) is 0 Å². The van der Waals surface area contributed by atoms with Crippen molar-refractivity contribution in [3.05, 3.63) is 64.5 Å². The van der Waals surface area contributed by atoms with Crippen molar-refractivity contribution >= 4 is 16.9 Å². The molecule has 1 atom stereocenters. The number of rotatable bonds is 7. The summed E-state index contributed by atoms with van der Waals surface area (Å²) in [5.41, 5.74) is 1.65. The maximum atomic E-state index is 12.1. The predicted molar refractivity (Wildman–Crippen MR) is 103 cm³/mol. The topological polar surface area (TPSA) is 99.8 Å². The predicted octanol–water partition coefficient (Wildman–Crippen LogP) is 3.51. The number of carboxylic acid groups (broad SMARTS) is 1. The van der Waals surface area contributed by atoms with Crippen LogP contribution in [0.1, 0.15) is 25.3 Å². The molecule has 3 N–H and O–H groups in total. The first kappa shape index (κ1) is 18.7. The molecule has 0 fully saturated rings. The fourth-order valence-corrected chi connectivity index (χ4v) is 3.13. The van der Waals surface area contributed by atoms with Gasteiger partial charge in [0, 0.05) is 18.0 Å². The Labute approximate surface area is 156 Å². The van der Waals surface area contributed by atoms with Gasteiger partial charge in [0.25, 0.3) is 0 Å². The standard InChI is InChI=1S/C21H21NO5/c1-2-6-17(21(25)26)22-12-16-18(23)10-9-14-15(11-19(24)27-20(14)16)13-7-4-3-5-8-13/h3-5,7-11,17,22-23H,2,6,12H2,1H3,(H,25,26). The molecule has 0 amide bonds. The molecule has 2 aromatic carbocycles. The molecular formula is C21H21NO5. The van der Waals surface area contributed by atoms with Crippen LogP contribution in [-0.4, -0.2) is 22.2 Å². The molecule has 0 aliphatic heterocycles. The van der Waals surface area contributed by atoms with E-state index in [1.807, 2.05) is 37.3 Å². The van der Waals surface area contributed by atoms with Gasteiger partial charge in [0.1, 0.15) is 17.4 Å². The van der Waals surface area contributed by atoms with Gasteiger partial charge in [-0.3, -0.25) is 4.79 Å². The third-order valence-corrected chi connectivity index (χ3v) is 4.48. The Balaban J connectivity index is 2.08. The minimum Gasteiger partial charge on any atom is -0.507 e. The van der Waals surface area contributed by atoms with Crippen LogP contribution in [0.3, 0.4) is 0 Å². The number of hydrogen-bond acceptors (Lipinski definition) is 5. The normalized spacial score (nSPS) is 12.2. The van der Waals surface area contributed by atoms with E-state index in [9.17, 15) is 19.8 Å². The average Bonchev–Trinajstić information content (AvgIpc) is 2.66. The SMILES string of the molecule is CCCC(NCc1c(O)ccc2c(-c3ccccc3)cc(=O)oc12)C(=O)O. The number of nitrogens with one attached hydrogen (secondary N) is 1. The zero-order valence-corrected chi connectivity index (χ0v) is 14.9. The van der Waals surface area contributed by atoms with Crippen molar-refractivity contribution in [1.29, 1.82) is 0 Å². The molecule has 3 aromatic rings. The Kier molecular flexibility index (Phi) is 5.57. The molecule has 27 heavy (non-hydrogen) atoms. The Hall–Kier alpha value is -3.12. The molecule has 3 rings (SSSR count). The van der Waals surface area contributed by atoms with Crippen LogP contribution in [0, 0.1) is 0 Å². The molecule has 0 saturated heterocycles. The lowest BCUT2D eigenvalue weighted by Crippen LogP contribution is -2.36. The van der Waals surface area contributed by atoms with Gasteiger partial charge in [-0.15, -0.1) is 0 Å². The summed E-state index contributed by atoms with van der Waals surface area (Å²) in [6, 6.07) is 13.3. The Morgan fingerprint density at radius 1 is 1.19 bits per heavy atom. The number of carboxylic acids is 1. The zero-order chi connectivity index (χ0) is 19.4. The fourth-order valence-electron chi connectivity index (χ4n) is 3.13. The third-order valence-electron chi connectivity index (χ3n) is 4.48. The van der Waals surface area contributed by atoms with E-state index in [1.165, 1.54) is 12.1 Å². The van der Waals surface area contributed by atoms with Gasteiger partial charge in [0.15, 0.2) is 0 Å². The molecule has 0 aliphatic carbocycles. The number of fused-ring (bicyclic) bond motifs is 1. The summed E-state index contributed by atoms with van der Waals surface area (Å²) in [4.78, 5) is 23.5. The molecule has 0 radical (unpaired) electrons. The van der Waals surface area contributed by atoms with E-state index in [1.54, 1.807) is 6.07 Å². The lowest BCUT2D eigenvalue weighted by Gasteiger charge is -2.15. The van der Waals surface area contributed by atoms with E-state index in [-0.39, 0.29) is 17.9 Å². The summed E-state index contributed by atoms with van der Waals surface area (Å²) in [6.07, 6.45) is 1.17. The van der Waals surface area contributed by atoms with Crippen LogP contribution in [0.4, 0.5) is 0 Å². The summed E-state index contributed by atoms with van der Waals surface area (Å²) in [5.74, 6) is -1.01. The van der Waals surface area contributed by atoms with Crippen molar-refractivity contribution in [1.82, 2.24) is 5.32 Å². The molecule has 140 valence electrons. The summed E-state index contributed by atoms with van der Waals surface area (Å²) >= 11 is 0. The molecule has 0 aliphatic rings. The number of aromatic hydroxyl groups is 1. The molecule has 1 aromatic heterocycles.